The molecule has 1 atom stereocenters. The van der Waals surface area contributed by atoms with Crippen LogP contribution < -0.4 is 10.1 Å². The SMILES string of the molecule is COCC(NC(=O)c1c(-c2cccc(C)n2)cnn1C)c1ccc(OC(F)(F)F)c(F)c1. The molecular formula is C21H20F4N4O3. The molecule has 1 amide bonds. The molecule has 170 valence electrons. The molecule has 0 saturated carbocycles. The van der Waals surface area contributed by atoms with Crippen molar-refractivity contribution in [3.8, 4) is 17.0 Å². The van der Waals surface area contributed by atoms with Gasteiger partial charge in [0.15, 0.2) is 11.6 Å². The maximum absolute atomic E-state index is 14.2. The largest absolute Gasteiger partial charge is 0.573 e. The van der Waals surface area contributed by atoms with Crippen LogP contribution in [0.25, 0.3) is 11.3 Å². The Morgan fingerprint density at radius 1 is 1.25 bits per heavy atom. The van der Waals surface area contributed by atoms with E-state index in [1.807, 2.05) is 13.0 Å². The lowest BCUT2D eigenvalue weighted by molar-refractivity contribution is -0.275. The number of nitrogens with zero attached hydrogens (tertiary/aromatic N) is 3. The highest BCUT2D eigenvalue weighted by Gasteiger charge is 2.32. The van der Waals surface area contributed by atoms with Gasteiger partial charge in [0, 0.05) is 19.9 Å². The third kappa shape index (κ3) is 5.41. The monoisotopic (exact) mass is 452 g/mol. The smallest absolute Gasteiger partial charge is 0.403 e. The second-order valence-electron chi connectivity index (χ2n) is 6.91. The van der Waals surface area contributed by atoms with Crippen molar-refractivity contribution in [1.29, 1.82) is 0 Å². The number of methoxy groups -OCH3 is 1. The van der Waals surface area contributed by atoms with Crippen LogP contribution in [0, 0.1) is 12.7 Å². The van der Waals surface area contributed by atoms with Gasteiger partial charge in [-0.1, -0.05) is 12.1 Å². The van der Waals surface area contributed by atoms with Crippen LogP contribution in [0.3, 0.4) is 0 Å². The standard InChI is InChI=1S/C21H20F4N4O3/c1-12-5-4-6-16(27-12)14-10-26-29(2)19(14)20(30)28-17(11-31-3)13-7-8-18(15(22)9-13)32-21(23,24)25/h4-10,17H,11H2,1-3H3,(H,28,30). The van der Waals surface area contributed by atoms with E-state index in [0.29, 0.717) is 11.3 Å². The summed E-state index contributed by atoms with van der Waals surface area (Å²) in [5.74, 6) is -2.73. The van der Waals surface area contributed by atoms with Gasteiger partial charge in [0.2, 0.25) is 0 Å². The Balaban J connectivity index is 1.89. The number of nitrogens with one attached hydrogen (secondary N) is 1. The molecule has 0 aliphatic rings. The Kier molecular flexibility index (Phi) is 6.78. The molecule has 3 aromatic rings. The van der Waals surface area contributed by atoms with E-state index in [9.17, 15) is 22.4 Å². The van der Waals surface area contributed by atoms with Crippen molar-refractivity contribution >= 4 is 5.91 Å². The van der Waals surface area contributed by atoms with Crippen molar-refractivity contribution in [2.24, 2.45) is 7.05 Å². The molecule has 0 bridgehead atoms. The molecule has 0 spiro atoms. The number of rotatable bonds is 7. The average molecular weight is 452 g/mol. The van der Waals surface area contributed by atoms with Crippen molar-refractivity contribution in [3.05, 3.63) is 65.4 Å². The van der Waals surface area contributed by atoms with E-state index in [0.717, 1.165) is 17.8 Å². The first-order valence-electron chi connectivity index (χ1n) is 9.40. The predicted octanol–water partition coefficient (Wildman–Crippen LogP) is 3.95. The number of ether oxygens (including phenoxy) is 2. The predicted molar refractivity (Wildman–Crippen MR) is 106 cm³/mol. The average Bonchev–Trinajstić information content (AvgIpc) is 3.10. The van der Waals surface area contributed by atoms with Gasteiger partial charge < -0.3 is 14.8 Å². The van der Waals surface area contributed by atoms with Crippen molar-refractivity contribution in [3.63, 3.8) is 0 Å². The molecule has 2 heterocycles. The summed E-state index contributed by atoms with van der Waals surface area (Å²) in [6, 6.07) is 7.43. The molecule has 7 nitrogen and oxygen atoms in total. The highest BCUT2D eigenvalue weighted by Crippen LogP contribution is 2.28. The van der Waals surface area contributed by atoms with E-state index in [1.54, 1.807) is 19.2 Å². The highest BCUT2D eigenvalue weighted by atomic mass is 19.4. The van der Waals surface area contributed by atoms with Crippen LogP contribution in [0.2, 0.25) is 0 Å². The molecule has 0 fully saturated rings. The molecule has 1 N–H and O–H groups in total. The quantitative estimate of drug-likeness (QED) is 0.550. The van der Waals surface area contributed by atoms with Crippen molar-refractivity contribution in [2.75, 3.05) is 13.7 Å². The number of alkyl halides is 3. The summed E-state index contributed by atoms with van der Waals surface area (Å²) >= 11 is 0. The second kappa shape index (κ2) is 9.35. The van der Waals surface area contributed by atoms with Crippen molar-refractivity contribution < 1.29 is 31.8 Å². The van der Waals surface area contributed by atoms with Crippen LogP contribution >= 0.6 is 0 Å². The zero-order valence-corrected chi connectivity index (χ0v) is 17.4. The van der Waals surface area contributed by atoms with Gasteiger partial charge in [0.25, 0.3) is 5.91 Å². The minimum absolute atomic E-state index is 0.0550. The van der Waals surface area contributed by atoms with Crippen molar-refractivity contribution in [1.82, 2.24) is 20.1 Å². The lowest BCUT2D eigenvalue weighted by atomic mass is 10.1. The van der Waals surface area contributed by atoms with Crippen LogP contribution in [-0.2, 0) is 11.8 Å². The van der Waals surface area contributed by atoms with E-state index < -0.39 is 29.9 Å². The summed E-state index contributed by atoms with van der Waals surface area (Å²) in [5, 5.41) is 6.85. The fraction of sp³-hybridized carbons (Fsp3) is 0.286. The summed E-state index contributed by atoms with van der Waals surface area (Å²) in [7, 11) is 2.96. The van der Waals surface area contributed by atoms with Gasteiger partial charge in [-0.05, 0) is 36.8 Å². The van der Waals surface area contributed by atoms with E-state index in [1.165, 1.54) is 24.1 Å². The van der Waals surface area contributed by atoms with Crippen LogP contribution in [0.4, 0.5) is 17.6 Å². The van der Waals surface area contributed by atoms with Gasteiger partial charge in [-0.15, -0.1) is 13.2 Å². The molecule has 2 aromatic heterocycles. The van der Waals surface area contributed by atoms with Gasteiger partial charge in [0.1, 0.15) is 5.69 Å². The van der Waals surface area contributed by atoms with Gasteiger partial charge in [0.05, 0.1) is 30.1 Å². The Morgan fingerprint density at radius 3 is 2.62 bits per heavy atom. The summed E-state index contributed by atoms with van der Waals surface area (Å²) in [6.45, 7) is 1.76. The number of hydrogen-bond acceptors (Lipinski definition) is 5. The van der Waals surface area contributed by atoms with E-state index >= 15 is 0 Å². The first-order valence-corrected chi connectivity index (χ1v) is 9.40. The molecule has 0 radical (unpaired) electrons. The number of hydrogen-bond donors (Lipinski definition) is 1. The Hall–Kier alpha value is -3.47. The van der Waals surface area contributed by atoms with Gasteiger partial charge in [-0.25, -0.2) is 4.39 Å². The summed E-state index contributed by atoms with van der Waals surface area (Å²) < 4.78 is 61.5. The number of carbonyl (C=O) groups excluding carboxylic acids is 1. The normalized spacial score (nSPS) is 12.5. The number of aromatic nitrogens is 3. The fourth-order valence-electron chi connectivity index (χ4n) is 3.14. The number of aryl methyl sites for hydroxylation is 2. The number of amides is 1. The van der Waals surface area contributed by atoms with E-state index in [-0.39, 0.29) is 17.9 Å². The first-order chi connectivity index (χ1) is 15.1. The van der Waals surface area contributed by atoms with Gasteiger partial charge in [-0.3, -0.25) is 14.5 Å². The van der Waals surface area contributed by atoms with Gasteiger partial charge >= 0.3 is 6.36 Å². The molecule has 1 aromatic carbocycles. The molecular weight excluding hydrogens is 432 g/mol. The molecule has 1 unspecified atom stereocenters. The lowest BCUT2D eigenvalue weighted by Crippen LogP contribution is -2.33. The Bertz CT molecular complexity index is 1110. The molecule has 0 aliphatic heterocycles. The minimum atomic E-state index is -5.03. The zero-order chi connectivity index (χ0) is 23.5. The molecule has 32 heavy (non-hydrogen) atoms. The third-order valence-electron chi connectivity index (χ3n) is 4.54. The minimum Gasteiger partial charge on any atom is -0.403 e. The van der Waals surface area contributed by atoms with E-state index in [2.05, 4.69) is 20.1 Å². The highest BCUT2D eigenvalue weighted by molar-refractivity contribution is 5.99. The van der Waals surface area contributed by atoms with Crippen LogP contribution in [0.5, 0.6) is 5.75 Å². The lowest BCUT2D eigenvalue weighted by Gasteiger charge is -2.20. The summed E-state index contributed by atoms with van der Waals surface area (Å²) in [4.78, 5) is 17.5. The number of pyridine rings is 1. The van der Waals surface area contributed by atoms with Crippen LogP contribution in [0.15, 0.2) is 42.6 Å². The number of benzene rings is 1. The summed E-state index contributed by atoms with van der Waals surface area (Å²) in [6.07, 6.45) is -3.52. The number of carbonyl (C=O) groups is 1. The van der Waals surface area contributed by atoms with Crippen molar-refractivity contribution in [2.45, 2.75) is 19.3 Å². The Labute approximate surface area is 181 Å². The van der Waals surface area contributed by atoms with E-state index in [4.69, 9.17) is 4.74 Å². The first kappa shape index (κ1) is 23.2. The Morgan fingerprint density at radius 2 is 2.00 bits per heavy atom. The fourth-order valence-corrected chi connectivity index (χ4v) is 3.14. The maximum Gasteiger partial charge on any atom is 0.573 e. The van der Waals surface area contributed by atoms with Crippen LogP contribution in [0.1, 0.15) is 27.8 Å². The molecule has 0 aliphatic carbocycles. The van der Waals surface area contributed by atoms with Gasteiger partial charge in [-0.2, -0.15) is 5.10 Å². The number of halogens is 4. The second-order valence-corrected chi connectivity index (χ2v) is 6.91. The molecule has 3 rings (SSSR count). The zero-order valence-electron chi connectivity index (χ0n) is 17.4. The molecule has 11 heteroatoms. The maximum atomic E-state index is 14.2. The summed E-state index contributed by atoms with van der Waals surface area (Å²) in [5.41, 5.74) is 2.20. The topological polar surface area (TPSA) is 78.3 Å². The van der Waals surface area contributed by atoms with Crippen LogP contribution in [-0.4, -0.2) is 40.8 Å². The molecule has 0 saturated heterocycles. The third-order valence-corrected chi connectivity index (χ3v) is 4.54.